The summed E-state index contributed by atoms with van der Waals surface area (Å²) in [5, 5.41) is 2.05. The number of nitrogens with two attached hydrogens (primary N) is 1. The maximum atomic E-state index is 5.85. The highest BCUT2D eigenvalue weighted by Crippen LogP contribution is 2.26. The average Bonchev–Trinajstić information content (AvgIpc) is 2.91. The molecule has 2 N–H and O–H groups in total. The van der Waals surface area contributed by atoms with Crippen LogP contribution in [0.15, 0.2) is 35.7 Å². The maximum absolute atomic E-state index is 5.85. The lowest BCUT2D eigenvalue weighted by Gasteiger charge is -2.12. The van der Waals surface area contributed by atoms with Crippen molar-refractivity contribution in [1.82, 2.24) is 0 Å². The molecule has 0 aliphatic rings. The molecule has 0 radical (unpaired) electrons. The Balaban J connectivity index is 2.12. The van der Waals surface area contributed by atoms with Gasteiger partial charge in [-0.25, -0.2) is 0 Å². The Hall–Kier alpha value is -1.52. The molecular formula is C14H17NO2S. The van der Waals surface area contributed by atoms with E-state index in [9.17, 15) is 0 Å². The van der Waals surface area contributed by atoms with Gasteiger partial charge in [0.25, 0.3) is 0 Å². The second-order valence-electron chi connectivity index (χ2n) is 3.88. The van der Waals surface area contributed by atoms with Crippen molar-refractivity contribution >= 4 is 11.3 Å². The smallest absolute Gasteiger partial charge is 0.126 e. The van der Waals surface area contributed by atoms with Gasteiger partial charge >= 0.3 is 0 Å². The van der Waals surface area contributed by atoms with Gasteiger partial charge in [-0.05, 0) is 36.0 Å². The molecule has 0 aliphatic heterocycles. The van der Waals surface area contributed by atoms with E-state index in [1.54, 1.807) is 18.4 Å². The van der Waals surface area contributed by atoms with Crippen LogP contribution in [-0.2, 0) is 13.0 Å². The summed E-state index contributed by atoms with van der Waals surface area (Å²) in [6, 6.07) is 9.94. The van der Waals surface area contributed by atoms with Crippen LogP contribution in [0.3, 0.4) is 0 Å². The van der Waals surface area contributed by atoms with E-state index in [2.05, 4.69) is 6.07 Å². The molecule has 0 unspecified atom stereocenters. The molecule has 0 atom stereocenters. The zero-order valence-corrected chi connectivity index (χ0v) is 11.2. The molecule has 18 heavy (non-hydrogen) atoms. The first kappa shape index (κ1) is 12.9. The normalized spacial score (nSPS) is 10.3. The largest absolute Gasteiger partial charge is 0.497 e. The van der Waals surface area contributed by atoms with E-state index < -0.39 is 0 Å². The summed E-state index contributed by atoms with van der Waals surface area (Å²) in [6.07, 6.45) is 0.809. The molecule has 0 aliphatic carbocycles. The predicted molar refractivity (Wildman–Crippen MR) is 74.4 cm³/mol. The molecule has 2 rings (SSSR count). The fourth-order valence-corrected chi connectivity index (χ4v) is 2.32. The van der Waals surface area contributed by atoms with E-state index in [0.717, 1.165) is 23.5 Å². The Labute approximate surface area is 111 Å². The minimum absolute atomic E-state index is 0.586. The Morgan fingerprint density at radius 3 is 2.83 bits per heavy atom. The van der Waals surface area contributed by atoms with Crippen molar-refractivity contribution in [3.05, 3.63) is 46.2 Å². The van der Waals surface area contributed by atoms with Crippen molar-refractivity contribution in [3.8, 4) is 11.5 Å². The van der Waals surface area contributed by atoms with E-state index in [0.29, 0.717) is 13.2 Å². The first-order valence-electron chi connectivity index (χ1n) is 5.85. The van der Waals surface area contributed by atoms with E-state index in [4.69, 9.17) is 15.2 Å². The van der Waals surface area contributed by atoms with Gasteiger partial charge in [0.2, 0.25) is 0 Å². The number of thiophene rings is 1. The lowest BCUT2D eigenvalue weighted by Crippen LogP contribution is -2.05. The van der Waals surface area contributed by atoms with Gasteiger partial charge in [0.15, 0.2) is 0 Å². The molecule has 4 heteroatoms. The van der Waals surface area contributed by atoms with Gasteiger partial charge in [-0.15, -0.1) is 11.3 Å². The first-order chi connectivity index (χ1) is 8.83. The minimum Gasteiger partial charge on any atom is -0.497 e. The SMILES string of the molecule is COc1ccc(CCN)c(OCc2cccs2)c1. The second kappa shape index (κ2) is 6.42. The van der Waals surface area contributed by atoms with Crippen molar-refractivity contribution in [1.29, 1.82) is 0 Å². The lowest BCUT2D eigenvalue weighted by atomic mass is 10.1. The van der Waals surface area contributed by atoms with Crippen molar-refractivity contribution in [2.45, 2.75) is 13.0 Å². The molecule has 0 spiro atoms. The fourth-order valence-electron chi connectivity index (χ4n) is 1.70. The number of ether oxygens (including phenoxy) is 2. The van der Waals surface area contributed by atoms with Crippen molar-refractivity contribution in [2.75, 3.05) is 13.7 Å². The molecule has 0 bridgehead atoms. The van der Waals surface area contributed by atoms with Crippen LogP contribution in [0.1, 0.15) is 10.4 Å². The Morgan fingerprint density at radius 1 is 1.28 bits per heavy atom. The Kier molecular flexibility index (Phi) is 4.61. The van der Waals surface area contributed by atoms with Gasteiger partial charge < -0.3 is 15.2 Å². The molecule has 96 valence electrons. The molecule has 1 heterocycles. The van der Waals surface area contributed by atoms with Crippen LogP contribution in [-0.4, -0.2) is 13.7 Å². The highest BCUT2D eigenvalue weighted by Gasteiger charge is 2.06. The predicted octanol–water partition coefficient (Wildman–Crippen LogP) is 2.84. The van der Waals surface area contributed by atoms with E-state index in [-0.39, 0.29) is 0 Å². The first-order valence-corrected chi connectivity index (χ1v) is 6.73. The third kappa shape index (κ3) is 3.24. The van der Waals surface area contributed by atoms with Gasteiger partial charge in [0, 0.05) is 10.9 Å². The summed E-state index contributed by atoms with van der Waals surface area (Å²) in [6.45, 7) is 1.20. The van der Waals surface area contributed by atoms with Crippen LogP contribution in [0.4, 0.5) is 0 Å². The summed E-state index contributed by atoms with van der Waals surface area (Å²) in [4.78, 5) is 1.21. The minimum atomic E-state index is 0.586. The number of methoxy groups -OCH3 is 1. The Morgan fingerprint density at radius 2 is 2.17 bits per heavy atom. The van der Waals surface area contributed by atoms with Gasteiger partial charge in [-0.2, -0.15) is 0 Å². The molecule has 1 aromatic carbocycles. The third-order valence-corrected chi connectivity index (χ3v) is 3.49. The number of benzene rings is 1. The molecule has 0 saturated carbocycles. The summed E-state index contributed by atoms with van der Waals surface area (Å²) in [7, 11) is 1.65. The number of hydrogen-bond acceptors (Lipinski definition) is 4. The molecule has 0 fully saturated rings. The quantitative estimate of drug-likeness (QED) is 0.871. The number of hydrogen-bond donors (Lipinski definition) is 1. The molecular weight excluding hydrogens is 246 g/mol. The average molecular weight is 263 g/mol. The van der Waals surface area contributed by atoms with Crippen molar-refractivity contribution in [3.63, 3.8) is 0 Å². The van der Waals surface area contributed by atoms with Gasteiger partial charge in [-0.3, -0.25) is 0 Å². The lowest BCUT2D eigenvalue weighted by molar-refractivity contribution is 0.304. The van der Waals surface area contributed by atoms with E-state index in [1.165, 1.54) is 4.88 Å². The van der Waals surface area contributed by atoms with Crippen LogP contribution in [0.5, 0.6) is 11.5 Å². The van der Waals surface area contributed by atoms with Crippen LogP contribution in [0.25, 0.3) is 0 Å². The van der Waals surface area contributed by atoms with Crippen molar-refractivity contribution < 1.29 is 9.47 Å². The van der Waals surface area contributed by atoms with Crippen LogP contribution in [0.2, 0.25) is 0 Å². The molecule has 2 aromatic rings. The van der Waals surface area contributed by atoms with E-state index in [1.807, 2.05) is 29.6 Å². The topological polar surface area (TPSA) is 44.5 Å². The highest BCUT2D eigenvalue weighted by atomic mass is 32.1. The van der Waals surface area contributed by atoms with Gasteiger partial charge in [0.1, 0.15) is 18.1 Å². The fraction of sp³-hybridized carbons (Fsp3) is 0.286. The molecule has 0 amide bonds. The van der Waals surface area contributed by atoms with E-state index >= 15 is 0 Å². The van der Waals surface area contributed by atoms with Gasteiger partial charge in [-0.1, -0.05) is 12.1 Å². The van der Waals surface area contributed by atoms with Crippen LogP contribution < -0.4 is 15.2 Å². The molecule has 1 aromatic heterocycles. The summed E-state index contributed by atoms with van der Waals surface area (Å²) in [5.74, 6) is 1.66. The molecule has 3 nitrogen and oxygen atoms in total. The highest BCUT2D eigenvalue weighted by molar-refractivity contribution is 7.09. The van der Waals surface area contributed by atoms with Gasteiger partial charge in [0.05, 0.1) is 7.11 Å². The second-order valence-corrected chi connectivity index (χ2v) is 4.91. The third-order valence-electron chi connectivity index (χ3n) is 2.64. The zero-order chi connectivity index (χ0) is 12.8. The zero-order valence-electron chi connectivity index (χ0n) is 10.4. The Bertz CT molecular complexity index is 483. The monoisotopic (exact) mass is 263 g/mol. The standard InChI is InChI=1S/C14H17NO2S/c1-16-12-5-4-11(6-7-15)14(9-12)17-10-13-3-2-8-18-13/h2-5,8-9H,6-7,10,15H2,1H3. The summed E-state index contributed by atoms with van der Waals surface area (Å²) >= 11 is 1.69. The molecule has 0 saturated heterocycles. The summed E-state index contributed by atoms with van der Waals surface area (Å²) in [5.41, 5.74) is 6.73. The van der Waals surface area contributed by atoms with Crippen molar-refractivity contribution in [2.24, 2.45) is 5.73 Å². The summed E-state index contributed by atoms with van der Waals surface area (Å²) < 4.78 is 11.1. The maximum Gasteiger partial charge on any atom is 0.126 e. The number of rotatable bonds is 6. The van der Waals surface area contributed by atoms with Crippen LogP contribution in [0, 0.1) is 0 Å². The van der Waals surface area contributed by atoms with Crippen LogP contribution >= 0.6 is 11.3 Å².